The third-order valence-corrected chi connectivity index (χ3v) is 5.51. The van der Waals surface area contributed by atoms with Crippen LogP contribution in [0.5, 0.6) is 0 Å². The molecule has 0 atom stereocenters. The van der Waals surface area contributed by atoms with Gasteiger partial charge in [-0.1, -0.05) is 127 Å². The van der Waals surface area contributed by atoms with Gasteiger partial charge in [0.05, 0.1) is 6.42 Å². The van der Waals surface area contributed by atoms with Crippen LogP contribution in [0.1, 0.15) is 126 Å². The molecule has 2 nitrogen and oxygen atoms in total. The number of ketones is 2. The number of hydrogen-bond donors (Lipinski definition) is 0. The predicted octanol–water partition coefficient (Wildman–Crippen LogP) is 8.09. The molecule has 0 fully saturated rings. The Morgan fingerprint density at radius 3 is 1.48 bits per heavy atom. The standard InChI is InChI=1S/C26H42O2.Co/c1-2-3-4-5-6-7-8-9-10-11-12-13-14-15-19-22-25(27)23-26(28)24-20-17-16-18-21-24;/h16-18,20-21H,2-15,19,22-23H2,1H3;. The van der Waals surface area contributed by atoms with Crippen LogP contribution in [-0.2, 0) is 21.6 Å². The first-order valence-electron chi connectivity index (χ1n) is 11.8. The van der Waals surface area contributed by atoms with Crippen LogP contribution in [0.4, 0.5) is 0 Å². The SMILES string of the molecule is CCCCCCCCCCCCCCCCCC(=O)CC(=O)c1ccccc1.[Co]. The number of rotatable bonds is 19. The van der Waals surface area contributed by atoms with Crippen LogP contribution in [0.15, 0.2) is 30.3 Å². The van der Waals surface area contributed by atoms with Gasteiger partial charge >= 0.3 is 0 Å². The first-order valence-corrected chi connectivity index (χ1v) is 11.8. The van der Waals surface area contributed by atoms with E-state index in [4.69, 9.17) is 0 Å². The van der Waals surface area contributed by atoms with Crippen molar-refractivity contribution in [1.82, 2.24) is 0 Å². The van der Waals surface area contributed by atoms with Crippen LogP contribution in [0.25, 0.3) is 0 Å². The maximum absolute atomic E-state index is 12.0. The molecule has 3 heteroatoms. The van der Waals surface area contributed by atoms with Crippen molar-refractivity contribution in [2.75, 3.05) is 0 Å². The zero-order valence-electron chi connectivity index (χ0n) is 18.6. The van der Waals surface area contributed by atoms with E-state index in [0.717, 1.165) is 12.8 Å². The van der Waals surface area contributed by atoms with Crippen LogP contribution in [0, 0.1) is 0 Å². The summed E-state index contributed by atoms with van der Waals surface area (Å²) in [4.78, 5) is 23.9. The predicted molar refractivity (Wildman–Crippen MR) is 120 cm³/mol. The van der Waals surface area contributed by atoms with Gasteiger partial charge in [-0.25, -0.2) is 0 Å². The maximum Gasteiger partial charge on any atom is 0.170 e. The van der Waals surface area contributed by atoms with Crippen LogP contribution >= 0.6 is 0 Å². The van der Waals surface area contributed by atoms with Crippen molar-refractivity contribution in [3.63, 3.8) is 0 Å². The normalized spacial score (nSPS) is 10.5. The average Bonchev–Trinajstić information content (AvgIpc) is 2.71. The van der Waals surface area contributed by atoms with E-state index in [-0.39, 0.29) is 34.8 Å². The number of carbonyl (C=O) groups is 2. The third-order valence-electron chi connectivity index (χ3n) is 5.51. The molecule has 167 valence electrons. The molecule has 0 saturated carbocycles. The smallest absolute Gasteiger partial charge is 0.170 e. The molecule has 0 unspecified atom stereocenters. The third kappa shape index (κ3) is 16.5. The number of Topliss-reactive ketones (excluding diaryl/α,β-unsaturated/α-hetero) is 2. The summed E-state index contributed by atoms with van der Waals surface area (Å²) >= 11 is 0. The van der Waals surface area contributed by atoms with Gasteiger partial charge in [-0.2, -0.15) is 0 Å². The van der Waals surface area contributed by atoms with Gasteiger partial charge in [0.2, 0.25) is 0 Å². The molecule has 1 rings (SSSR count). The fourth-order valence-electron chi connectivity index (χ4n) is 3.69. The van der Waals surface area contributed by atoms with E-state index in [1.165, 1.54) is 83.5 Å². The topological polar surface area (TPSA) is 34.1 Å². The fourth-order valence-corrected chi connectivity index (χ4v) is 3.69. The van der Waals surface area contributed by atoms with E-state index >= 15 is 0 Å². The van der Waals surface area contributed by atoms with Crippen molar-refractivity contribution < 1.29 is 26.4 Å². The zero-order valence-corrected chi connectivity index (χ0v) is 19.6. The summed E-state index contributed by atoms with van der Waals surface area (Å²) in [5.74, 6) is 0.0371. The van der Waals surface area contributed by atoms with Gasteiger partial charge in [0.1, 0.15) is 5.78 Å². The summed E-state index contributed by atoms with van der Waals surface area (Å²) in [7, 11) is 0. The Labute approximate surface area is 189 Å². The minimum atomic E-state index is -0.0495. The summed E-state index contributed by atoms with van der Waals surface area (Å²) in [5.41, 5.74) is 0.646. The summed E-state index contributed by atoms with van der Waals surface area (Å²) in [6.45, 7) is 2.27. The number of unbranched alkanes of at least 4 members (excludes halogenated alkanes) is 14. The molecular weight excluding hydrogens is 403 g/mol. The van der Waals surface area contributed by atoms with Crippen molar-refractivity contribution >= 4 is 11.6 Å². The van der Waals surface area contributed by atoms with E-state index in [1.807, 2.05) is 18.2 Å². The van der Waals surface area contributed by atoms with E-state index < -0.39 is 0 Å². The van der Waals surface area contributed by atoms with E-state index in [2.05, 4.69) is 6.92 Å². The second-order valence-electron chi connectivity index (χ2n) is 8.20. The molecule has 1 aromatic rings. The van der Waals surface area contributed by atoms with E-state index in [9.17, 15) is 9.59 Å². The van der Waals surface area contributed by atoms with Crippen LogP contribution in [0.2, 0.25) is 0 Å². The zero-order chi connectivity index (χ0) is 20.3. The Morgan fingerprint density at radius 1 is 0.621 bits per heavy atom. The van der Waals surface area contributed by atoms with Gasteiger partial charge in [0.15, 0.2) is 5.78 Å². The van der Waals surface area contributed by atoms with E-state index in [1.54, 1.807) is 12.1 Å². The molecule has 0 aliphatic rings. The Balaban J connectivity index is 0.00000784. The van der Waals surface area contributed by atoms with Crippen molar-refractivity contribution in [1.29, 1.82) is 0 Å². The fraction of sp³-hybridized carbons (Fsp3) is 0.692. The molecule has 29 heavy (non-hydrogen) atoms. The molecule has 0 aliphatic heterocycles. The van der Waals surface area contributed by atoms with Crippen molar-refractivity contribution in [3.05, 3.63) is 35.9 Å². The largest absolute Gasteiger partial charge is 0.299 e. The summed E-state index contributed by atoms with van der Waals surface area (Å²) in [6.07, 6.45) is 20.5. The molecule has 1 aromatic carbocycles. The number of hydrogen-bond acceptors (Lipinski definition) is 2. The summed E-state index contributed by atoms with van der Waals surface area (Å²) in [6, 6.07) is 9.12. The number of carbonyl (C=O) groups excluding carboxylic acids is 2. The minimum absolute atomic E-state index is 0. The molecular formula is C26H42CoO2. The van der Waals surface area contributed by atoms with Crippen molar-refractivity contribution in [3.8, 4) is 0 Å². The molecule has 0 amide bonds. The molecule has 0 saturated heterocycles. The second-order valence-corrected chi connectivity index (χ2v) is 8.20. The molecule has 0 spiro atoms. The van der Waals surface area contributed by atoms with Crippen molar-refractivity contribution in [2.45, 2.75) is 116 Å². The molecule has 0 heterocycles. The quantitative estimate of drug-likeness (QED) is 0.122. The van der Waals surface area contributed by atoms with Gasteiger partial charge < -0.3 is 0 Å². The Bertz CT molecular complexity index is 513. The monoisotopic (exact) mass is 445 g/mol. The molecule has 0 aliphatic carbocycles. The average molecular weight is 446 g/mol. The molecule has 0 bridgehead atoms. The van der Waals surface area contributed by atoms with Crippen LogP contribution in [-0.4, -0.2) is 11.6 Å². The summed E-state index contributed by atoms with van der Waals surface area (Å²) in [5, 5.41) is 0. The maximum atomic E-state index is 12.0. The minimum Gasteiger partial charge on any atom is -0.299 e. The Hall–Kier alpha value is -0.934. The first kappa shape index (κ1) is 28.1. The van der Waals surface area contributed by atoms with Crippen LogP contribution < -0.4 is 0 Å². The number of benzene rings is 1. The summed E-state index contributed by atoms with van der Waals surface area (Å²) < 4.78 is 0. The van der Waals surface area contributed by atoms with Crippen LogP contribution in [0.3, 0.4) is 0 Å². The van der Waals surface area contributed by atoms with Crippen molar-refractivity contribution in [2.24, 2.45) is 0 Å². The Kier molecular flexibility index (Phi) is 19.7. The van der Waals surface area contributed by atoms with E-state index in [0.29, 0.717) is 12.0 Å². The molecule has 1 radical (unpaired) electrons. The Morgan fingerprint density at radius 2 is 1.03 bits per heavy atom. The van der Waals surface area contributed by atoms with Gasteiger partial charge in [-0.3, -0.25) is 9.59 Å². The molecule has 0 aromatic heterocycles. The van der Waals surface area contributed by atoms with Gasteiger partial charge in [0.25, 0.3) is 0 Å². The van der Waals surface area contributed by atoms with Gasteiger partial charge in [-0.15, -0.1) is 0 Å². The van der Waals surface area contributed by atoms with Gasteiger partial charge in [-0.05, 0) is 6.42 Å². The molecule has 0 N–H and O–H groups in total. The first-order chi connectivity index (χ1) is 13.7. The van der Waals surface area contributed by atoms with Gasteiger partial charge in [0, 0.05) is 28.8 Å². The second kappa shape index (κ2) is 20.3.